The maximum atomic E-state index is 5.74. The lowest BCUT2D eigenvalue weighted by Crippen LogP contribution is -2.17. The monoisotopic (exact) mass is 196 g/mol. The van der Waals surface area contributed by atoms with E-state index in [2.05, 4.69) is 5.48 Å². The van der Waals surface area contributed by atoms with Crippen molar-refractivity contribution in [3.63, 3.8) is 0 Å². The molecule has 0 heterocycles. The zero-order chi connectivity index (χ0) is 10.2. The average molecular weight is 196 g/mol. The maximum Gasteiger partial charge on any atom is 0.0916 e. The normalized spacial score (nSPS) is 10.4. The van der Waals surface area contributed by atoms with Crippen LogP contribution >= 0.6 is 0 Å². The van der Waals surface area contributed by atoms with Gasteiger partial charge in [0.15, 0.2) is 0 Å². The highest BCUT2D eigenvalue weighted by Gasteiger charge is 1.96. The van der Waals surface area contributed by atoms with E-state index < -0.39 is 0 Å². The highest BCUT2D eigenvalue weighted by molar-refractivity contribution is 5.45. The first-order chi connectivity index (χ1) is 6.84. The Balaban J connectivity index is 2.21. The van der Waals surface area contributed by atoms with E-state index in [9.17, 15) is 0 Å². The van der Waals surface area contributed by atoms with Crippen molar-refractivity contribution < 1.29 is 9.57 Å². The van der Waals surface area contributed by atoms with E-state index in [4.69, 9.17) is 15.3 Å². The number of rotatable bonds is 6. The Hall–Kier alpha value is -1.10. The summed E-state index contributed by atoms with van der Waals surface area (Å²) in [5.41, 5.74) is 10.4. The van der Waals surface area contributed by atoms with Crippen molar-refractivity contribution in [1.29, 1.82) is 0 Å². The molecule has 4 heteroatoms. The number of nitrogen functional groups attached to an aromatic ring is 1. The van der Waals surface area contributed by atoms with E-state index in [1.807, 2.05) is 24.3 Å². The Kier molecular flexibility index (Phi) is 4.99. The maximum absolute atomic E-state index is 5.74. The number of ether oxygens (including phenoxy) is 1. The van der Waals surface area contributed by atoms with Crippen molar-refractivity contribution in [2.75, 3.05) is 26.1 Å². The number of methoxy groups -OCH3 is 1. The van der Waals surface area contributed by atoms with Crippen molar-refractivity contribution in [3.05, 3.63) is 29.8 Å². The molecule has 0 atom stereocenters. The summed E-state index contributed by atoms with van der Waals surface area (Å²) >= 11 is 0. The molecule has 0 aliphatic carbocycles. The Morgan fingerprint density at radius 1 is 1.29 bits per heavy atom. The van der Waals surface area contributed by atoms with Crippen LogP contribution < -0.4 is 11.2 Å². The second-order valence-corrected chi connectivity index (χ2v) is 2.86. The third kappa shape index (κ3) is 3.74. The summed E-state index contributed by atoms with van der Waals surface area (Å²) < 4.78 is 4.83. The fraction of sp³-hybridized carbons (Fsp3) is 0.400. The summed E-state index contributed by atoms with van der Waals surface area (Å²) in [6.07, 6.45) is 0. The van der Waals surface area contributed by atoms with Gasteiger partial charge in [-0.25, -0.2) is 0 Å². The second-order valence-electron chi connectivity index (χ2n) is 2.86. The molecular formula is C10H16N2O2. The number of anilines is 1. The minimum Gasteiger partial charge on any atom is -0.398 e. The molecule has 0 aliphatic rings. The lowest BCUT2D eigenvalue weighted by Gasteiger charge is -2.07. The van der Waals surface area contributed by atoms with Gasteiger partial charge >= 0.3 is 0 Å². The molecule has 0 radical (unpaired) electrons. The van der Waals surface area contributed by atoms with Crippen LogP contribution in [0.25, 0.3) is 0 Å². The van der Waals surface area contributed by atoms with Crippen molar-refractivity contribution >= 4 is 5.69 Å². The van der Waals surface area contributed by atoms with Gasteiger partial charge in [0.05, 0.1) is 13.2 Å². The molecule has 0 saturated carbocycles. The Labute approximate surface area is 84.0 Å². The second kappa shape index (κ2) is 6.37. The molecule has 0 aromatic heterocycles. The van der Waals surface area contributed by atoms with Crippen LogP contribution in [0, 0.1) is 0 Å². The smallest absolute Gasteiger partial charge is 0.0916 e. The lowest BCUT2D eigenvalue weighted by molar-refractivity contribution is 0.00354. The molecule has 1 aromatic rings. The third-order valence-corrected chi connectivity index (χ3v) is 1.81. The molecule has 4 nitrogen and oxygen atoms in total. The van der Waals surface area contributed by atoms with Crippen LogP contribution in [0.3, 0.4) is 0 Å². The molecule has 3 N–H and O–H groups in total. The van der Waals surface area contributed by atoms with Gasteiger partial charge in [-0.2, -0.15) is 5.48 Å². The van der Waals surface area contributed by atoms with E-state index in [1.165, 1.54) is 0 Å². The van der Waals surface area contributed by atoms with Gasteiger partial charge in [-0.1, -0.05) is 18.2 Å². The highest BCUT2D eigenvalue weighted by Crippen LogP contribution is 2.09. The molecule has 0 fully saturated rings. The molecule has 78 valence electrons. The van der Waals surface area contributed by atoms with Crippen molar-refractivity contribution in [3.8, 4) is 0 Å². The lowest BCUT2D eigenvalue weighted by atomic mass is 10.2. The molecule has 0 saturated heterocycles. The number of benzene rings is 1. The van der Waals surface area contributed by atoms with Crippen molar-refractivity contribution in [2.45, 2.75) is 6.54 Å². The van der Waals surface area contributed by atoms with Crippen molar-refractivity contribution in [2.24, 2.45) is 0 Å². The van der Waals surface area contributed by atoms with Crippen LogP contribution in [0.4, 0.5) is 5.69 Å². The average Bonchev–Trinajstić information content (AvgIpc) is 2.20. The van der Waals surface area contributed by atoms with Gasteiger partial charge in [0, 0.05) is 19.3 Å². The Morgan fingerprint density at radius 3 is 2.79 bits per heavy atom. The molecule has 0 unspecified atom stereocenters. The topological polar surface area (TPSA) is 56.5 Å². The largest absolute Gasteiger partial charge is 0.398 e. The van der Waals surface area contributed by atoms with E-state index in [0.29, 0.717) is 19.8 Å². The number of para-hydroxylation sites is 1. The van der Waals surface area contributed by atoms with Crippen LogP contribution in [-0.2, 0) is 16.1 Å². The minimum atomic E-state index is 0.531. The summed E-state index contributed by atoms with van der Waals surface area (Å²) in [6.45, 7) is 1.72. The van der Waals surface area contributed by atoms with Gasteiger partial charge in [-0.15, -0.1) is 0 Å². The van der Waals surface area contributed by atoms with Crippen LogP contribution in [0.2, 0.25) is 0 Å². The number of hydroxylamine groups is 1. The summed E-state index contributed by atoms with van der Waals surface area (Å²) in [7, 11) is 1.64. The van der Waals surface area contributed by atoms with Gasteiger partial charge in [0.25, 0.3) is 0 Å². The van der Waals surface area contributed by atoms with Crippen LogP contribution in [-0.4, -0.2) is 20.3 Å². The number of nitrogens with one attached hydrogen (secondary N) is 1. The molecule has 14 heavy (non-hydrogen) atoms. The van der Waals surface area contributed by atoms with Gasteiger partial charge in [0.1, 0.15) is 0 Å². The van der Waals surface area contributed by atoms with Gasteiger partial charge in [0.2, 0.25) is 0 Å². The van der Waals surface area contributed by atoms with Gasteiger partial charge < -0.3 is 10.5 Å². The van der Waals surface area contributed by atoms with Gasteiger partial charge in [-0.05, 0) is 11.6 Å². The first-order valence-corrected chi connectivity index (χ1v) is 4.51. The quantitative estimate of drug-likeness (QED) is 0.404. The van der Waals surface area contributed by atoms with E-state index in [-0.39, 0.29) is 0 Å². The van der Waals surface area contributed by atoms with Crippen molar-refractivity contribution in [1.82, 2.24) is 5.48 Å². The van der Waals surface area contributed by atoms with E-state index in [1.54, 1.807) is 7.11 Å². The zero-order valence-corrected chi connectivity index (χ0v) is 8.32. The predicted octanol–water partition coefficient (Wildman–Crippen LogP) is 0.936. The standard InChI is InChI=1S/C10H16N2O2/c1-13-6-7-14-12-8-9-4-2-3-5-10(9)11/h2-5,12H,6-8,11H2,1H3. The van der Waals surface area contributed by atoms with Gasteiger partial charge in [-0.3, -0.25) is 4.84 Å². The molecule has 1 aromatic carbocycles. The van der Waals surface area contributed by atoms with Crippen LogP contribution in [0.15, 0.2) is 24.3 Å². The summed E-state index contributed by atoms with van der Waals surface area (Å²) in [5, 5.41) is 0. The Morgan fingerprint density at radius 2 is 2.07 bits per heavy atom. The minimum absolute atomic E-state index is 0.531. The first-order valence-electron chi connectivity index (χ1n) is 4.51. The molecular weight excluding hydrogens is 180 g/mol. The van der Waals surface area contributed by atoms with Crippen LogP contribution in [0.5, 0.6) is 0 Å². The third-order valence-electron chi connectivity index (χ3n) is 1.81. The fourth-order valence-electron chi connectivity index (χ4n) is 1.02. The predicted molar refractivity (Wildman–Crippen MR) is 55.5 cm³/mol. The number of hydrogen-bond donors (Lipinski definition) is 2. The highest BCUT2D eigenvalue weighted by atomic mass is 16.7. The fourth-order valence-corrected chi connectivity index (χ4v) is 1.02. The molecule has 0 bridgehead atoms. The Bertz CT molecular complexity index is 266. The number of hydrogen-bond acceptors (Lipinski definition) is 4. The summed E-state index contributed by atoms with van der Waals surface area (Å²) in [4.78, 5) is 5.10. The first kappa shape index (κ1) is 11.0. The zero-order valence-electron chi connectivity index (χ0n) is 8.32. The summed E-state index contributed by atoms with van der Waals surface area (Å²) in [5.74, 6) is 0. The van der Waals surface area contributed by atoms with Crippen LogP contribution in [0.1, 0.15) is 5.56 Å². The van der Waals surface area contributed by atoms with E-state index >= 15 is 0 Å². The number of nitrogens with two attached hydrogens (primary N) is 1. The molecule has 0 amide bonds. The SMILES string of the molecule is COCCONCc1ccccc1N. The molecule has 0 aliphatic heterocycles. The van der Waals surface area contributed by atoms with E-state index in [0.717, 1.165) is 11.3 Å². The molecule has 1 rings (SSSR count). The molecule has 0 spiro atoms. The summed E-state index contributed by atoms with van der Waals surface area (Å²) in [6, 6.07) is 7.68.